The van der Waals surface area contributed by atoms with Crippen LogP contribution in [0.15, 0.2) is 72.8 Å². The minimum Gasteiger partial charge on any atom is -0.491 e. The van der Waals surface area contributed by atoms with Crippen molar-refractivity contribution in [3.63, 3.8) is 0 Å². The summed E-state index contributed by atoms with van der Waals surface area (Å²) < 4.78 is 5.37. The van der Waals surface area contributed by atoms with E-state index in [0.29, 0.717) is 22.0 Å². The van der Waals surface area contributed by atoms with Crippen molar-refractivity contribution in [1.29, 1.82) is 0 Å². The first-order valence-electron chi connectivity index (χ1n) is 12.9. The molecule has 0 radical (unpaired) electrons. The molecule has 3 atom stereocenters. The summed E-state index contributed by atoms with van der Waals surface area (Å²) in [5, 5.41) is 14.8. The van der Waals surface area contributed by atoms with Crippen LogP contribution in [0.1, 0.15) is 49.4 Å². The molecule has 1 aliphatic rings. The molecule has 0 aliphatic carbocycles. The molecule has 0 bridgehead atoms. The van der Waals surface area contributed by atoms with Gasteiger partial charge in [0.15, 0.2) is 0 Å². The number of rotatable bonds is 9. The van der Waals surface area contributed by atoms with E-state index in [0.717, 1.165) is 16.0 Å². The van der Waals surface area contributed by atoms with Gasteiger partial charge in [-0.1, -0.05) is 80.9 Å². The number of urea groups is 1. The molecule has 3 N–H and O–H groups in total. The number of nitrogens with one attached hydrogen (secondary N) is 2. The summed E-state index contributed by atoms with van der Waals surface area (Å²) in [5.41, 5.74) is 2.67. The molecule has 8 nitrogen and oxygen atoms in total. The van der Waals surface area contributed by atoms with E-state index in [9.17, 15) is 14.4 Å². The first-order chi connectivity index (χ1) is 18.8. The zero-order valence-corrected chi connectivity index (χ0v) is 23.2. The summed E-state index contributed by atoms with van der Waals surface area (Å²) >= 11 is 6.34. The van der Waals surface area contributed by atoms with Crippen molar-refractivity contribution in [3.8, 4) is 5.75 Å². The summed E-state index contributed by atoms with van der Waals surface area (Å²) in [6.07, 6.45) is 0. The fourth-order valence-corrected chi connectivity index (χ4v) is 4.62. The molecule has 206 valence electrons. The van der Waals surface area contributed by atoms with Gasteiger partial charge in [0.25, 0.3) is 5.91 Å². The standard InChI is InChI=1S/C28H28ClN3O5.C2H6/c1-17-8-13-23(22(29)16-17)30-26(34)25(18(2)19-6-4-3-5-7-19)32-27(35)24(31-28(32)36)20-9-11-21(12-10-20)37-15-14-33;1-2/h3-13,16,18,24-25,33H,14-15H2,1-2H3,(H,30,34)(H,31,36);1-2H3. The zero-order chi connectivity index (χ0) is 28.5. The van der Waals surface area contributed by atoms with Crippen LogP contribution in [0, 0.1) is 6.92 Å². The number of aliphatic hydroxyl groups is 1. The van der Waals surface area contributed by atoms with Crippen molar-refractivity contribution in [3.05, 3.63) is 94.5 Å². The number of ether oxygens (including phenoxy) is 1. The van der Waals surface area contributed by atoms with E-state index in [1.807, 2.05) is 57.2 Å². The van der Waals surface area contributed by atoms with E-state index in [4.69, 9.17) is 21.4 Å². The smallest absolute Gasteiger partial charge is 0.325 e. The SMILES string of the molecule is CC.Cc1ccc(NC(=O)C(C(C)c2ccccc2)N2C(=O)NC(c3ccc(OCCO)cc3)C2=O)c(Cl)c1. The van der Waals surface area contributed by atoms with Gasteiger partial charge in [-0.25, -0.2) is 9.69 Å². The summed E-state index contributed by atoms with van der Waals surface area (Å²) in [4.78, 5) is 41.4. The Kier molecular flexibility index (Phi) is 10.5. The van der Waals surface area contributed by atoms with Gasteiger partial charge in [-0.3, -0.25) is 9.59 Å². The van der Waals surface area contributed by atoms with Gasteiger partial charge >= 0.3 is 6.03 Å². The molecule has 1 heterocycles. The Labute approximate surface area is 233 Å². The van der Waals surface area contributed by atoms with Gasteiger partial charge in [0.1, 0.15) is 24.4 Å². The first kappa shape index (κ1) is 29.7. The Hall–Kier alpha value is -3.88. The number of amides is 4. The molecule has 1 fully saturated rings. The molecular weight excluding hydrogens is 518 g/mol. The van der Waals surface area contributed by atoms with Crippen molar-refractivity contribution in [1.82, 2.24) is 10.2 Å². The van der Waals surface area contributed by atoms with Crippen LogP contribution in [0.25, 0.3) is 0 Å². The van der Waals surface area contributed by atoms with Crippen molar-refractivity contribution >= 4 is 35.1 Å². The Bertz CT molecular complexity index is 1280. The first-order valence-corrected chi connectivity index (χ1v) is 13.3. The molecule has 0 saturated carbocycles. The highest BCUT2D eigenvalue weighted by Crippen LogP contribution is 2.32. The van der Waals surface area contributed by atoms with Crippen LogP contribution in [0.3, 0.4) is 0 Å². The number of carbonyl (C=O) groups excluding carboxylic acids is 3. The van der Waals surface area contributed by atoms with Gasteiger partial charge in [-0.2, -0.15) is 0 Å². The maximum absolute atomic E-state index is 13.7. The third-order valence-electron chi connectivity index (χ3n) is 6.27. The second kappa shape index (κ2) is 13.8. The number of imide groups is 1. The van der Waals surface area contributed by atoms with E-state index in [-0.39, 0.29) is 13.2 Å². The third-order valence-corrected chi connectivity index (χ3v) is 6.59. The van der Waals surface area contributed by atoms with E-state index in [2.05, 4.69) is 10.6 Å². The van der Waals surface area contributed by atoms with E-state index in [1.165, 1.54) is 0 Å². The van der Waals surface area contributed by atoms with Crippen LogP contribution >= 0.6 is 11.6 Å². The van der Waals surface area contributed by atoms with Crippen LogP contribution in [-0.4, -0.2) is 47.1 Å². The van der Waals surface area contributed by atoms with Gasteiger partial charge in [-0.15, -0.1) is 0 Å². The van der Waals surface area contributed by atoms with Crippen LogP contribution in [0.2, 0.25) is 5.02 Å². The highest BCUT2D eigenvalue weighted by molar-refractivity contribution is 6.33. The topological polar surface area (TPSA) is 108 Å². The molecular formula is C30H34ClN3O5. The van der Waals surface area contributed by atoms with E-state index < -0.39 is 35.8 Å². The zero-order valence-electron chi connectivity index (χ0n) is 22.5. The molecule has 0 spiro atoms. The monoisotopic (exact) mass is 551 g/mol. The van der Waals surface area contributed by atoms with Gasteiger partial charge in [0.2, 0.25) is 5.91 Å². The predicted molar refractivity (Wildman–Crippen MR) is 152 cm³/mol. The van der Waals surface area contributed by atoms with E-state index >= 15 is 0 Å². The Morgan fingerprint density at radius 2 is 1.74 bits per heavy atom. The van der Waals surface area contributed by atoms with Gasteiger partial charge in [-0.05, 0) is 47.9 Å². The summed E-state index contributed by atoms with van der Waals surface area (Å²) in [5.74, 6) is -1.05. The molecule has 3 aromatic rings. The number of carbonyl (C=O) groups is 3. The Morgan fingerprint density at radius 3 is 2.36 bits per heavy atom. The van der Waals surface area contributed by atoms with Gasteiger partial charge in [0, 0.05) is 5.92 Å². The van der Waals surface area contributed by atoms with Gasteiger partial charge in [0.05, 0.1) is 17.3 Å². The number of halogens is 1. The molecule has 1 aliphatic heterocycles. The maximum Gasteiger partial charge on any atom is 0.325 e. The van der Waals surface area contributed by atoms with Gasteiger partial charge < -0.3 is 20.5 Å². The molecule has 3 aromatic carbocycles. The molecule has 39 heavy (non-hydrogen) atoms. The van der Waals surface area contributed by atoms with Crippen LogP contribution in [-0.2, 0) is 9.59 Å². The molecule has 4 rings (SSSR count). The second-order valence-electron chi connectivity index (χ2n) is 8.85. The number of benzene rings is 3. The van der Waals surface area contributed by atoms with Crippen molar-refractivity contribution in [2.75, 3.05) is 18.5 Å². The number of anilines is 1. The lowest BCUT2D eigenvalue weighted by molar-refractivity contribution is -0.134. The van der Waals surface area contributed by atoms with Crippen LogP contribution < -0.4 is 15.4 Å². The molecule has 9 heteroatoms. The average molecular weight is 552 g/mol. The Balaban J connectivity index is 0.00000205. The quantitative estimate of drug-likeness (QED) is 0.306. The Morgan fingerprint density at radius 1 is 1.08 bits per heavy atom. The lowest BCUT2D eigenvalue weighted by atomic mass is 9.91. The highest BCUT2D eigenvalue weighted by Gasteiger charge is 2.47. The van der Waals surface area contributed by atoms with Crippen molar-refractivity contribution in [2.45, 2.75) is 45.7 Å². The summed E-state index contributed by atoms with van der Waals surface area (Å²) in [6, 6.07) is 18.4. The largest absolute Gasteiger partial charge is 0.491 e. The predicted octanol–water partition coefficient (Wildman–Crippen LogP) is 5.45. The average Bonchev–Trinajstić information content (AvgIpc) is 3.24. The number of nitrogens with zero attached hydrogens (tertiary/aromatic N) is 1. The number of aryl methyl sites for hydroxylation is 1. The minimum atomic E-state index is -1.13. The summed E-state index contributed by atoms with van der Waals surface area (Å²) in [6.45, 7) is 7.71. The second-order valence-corrected chi connectivity index (χ2v) is 9.26. The van der Waals surface area contributed by atoms with Crippen molar-refractivity contribution in [2.24, 2.45) is 0 Å². The normalized spacial score (nSPS) is 16.1. The highest BCUT2D eigenvalue weighted by atomic mass is 35.5. The number of hydrogen-bond donors (Lipinski definition) is 3. The number of aliphatic hydroxyl groups excluding tert-OH is 1. The fourth-order valence-electron chi connectivity index (χ4n) is 4.34. The summed E-state index contributed by atoms with van der Waals surface area (Å²) in [7, 11) is 0. The minimum absolute atomic E-state index is 0.120. The lowest BCUT2D eigenvalue weighted by Crippen LogP contribution is -2.50. The van der Waals surface area contributed by atoms with Crippen LogP contribution in [0.4, 0.5) is 10.5 Å². The molecule has 0 aromatic heterocycles. The molecule has 3 unspecified atom stereocenters. The van der Waals surface area contributed by atoms with Crippen LogP contribution in [0.5, 0.6) is 5.75 Å². The lowest BCUT2D eigenvalue weighted by Gasteiger charge is -2.30. The van der Waals surface area contributed by atoms with Crippen molar-refractivity contribution < 1.29 is 24.2 Å². The third kappa shape index (κ3) is 6.96. The molecule has 1 saturated heterocycles. The molecule has 4 amide bonds. The number of hydrogen-bond acceptors (Lipinski definition) is 5. The maximum atomic E-state index is 13.7. The van der Waals surface area contributed by atoms with E-state index in [1.54, 1.807) is 43.3 Å². The fraction of sp³-hybridized carbons (Fsp3) is 0.300.